The van der Waals surface area contributed by atoms with Crippen LogP contribution >= 0.6 is 0 Å². The average Bonchev–Trinajstić information content (AvgIpc) is 2.59. The van der Waals surface area contributed by atoms with Crippen LogP contribution in [0.5, 0.6) is 0 Å². The highest BCUT2D eigenvalue weighted by molar-refractivity contribution is 5.69. The fourth-order valence-electron chi connectivity index (χ4n) is 3.17. The number of hydrogen-bond donors (Lipinski definition) is 1. The van der Waals surface area contributed by atoms with E-state index in [1.54, 1.807) is 6.20 Å². The molecule has 5 nitrogen and oxygen atoms in total. The fourth-order valence-corrected chi connectivity index (χ4v) is 3.17. The number of esters is 1. The largest absolute Gasteiger partial charge is 0.461 e. The van der Waals surface area contributed by atoms with E-state index in [9.17, 15) is 4.79 Å². The van der Waals surface area contributed by atoms with E-state index in [2.05, 4.69) is 25.9 Å². The van der Waals surface area contributed by atoms with Crippen molar-refractivity contribution in [1.82, 2.24) is 9.78 Å². The van der Waals surface area contributed by atoms with Crippen molar-refractivity contribution in [1.29, 1.82) is 0 Å². The summed E-state index contributed by atoms with van der Waals surface area (Å²) in [6.45, 7) is 6.81. The Morgan fingerprint density at radius 3 is 2.89 bits per heavy atom. The van der Waals surface area contributed by atoms with Gasteiger partial charge in [0.2, 0.25) is 0 Å². The summed E-state index contributed by atoms with van der Waals surface area (Å²) in [7, 11) is 0. The van der Waals surface area contributed by atoms with Crippen LogP contribution in [0.2, 0.25) is 0 Å². The molecule has 0 saturated heterocycles. The van der Waals surface area contributed by atoms with E-state index in [0.29, 0.717) is 11.6 Å². The van der Waals surface area contributed by atoms with Crippen molar-refractivity contribution in [3.05, 3.63) is 12.4 Å². The lowest BCUT2D eigenvalue weighted by Crippen LogP contribution is -2.34. The molecule has 1 fully saturated rings. The first-order valence-electron chi connectivity index (χ1n) is 6.81. The SMILES string of the molecule is CC1CC(OC(=O)Cn2cc(N)cn2)CC(C)(C)C1. The Bertz CT molecular complexity index is 453. The lowest BCUT2D eigenvalue weighted by Gasteiger charge is -2.38. The molecular formula is C14H23N3O2. The zero-order valence-electron chi connectivity index (χ0n) is 11.9. The van der Waals surface area contributed by atoms with E-state index >= 15 is 0 Å². The van der Waals surface area contributed by atoms with Crippen molar-refractivity contribution in [2.45, 2.75) is 52.7 Å². The molecule has 1 aliphatic rings. The molecular weight excluding hydrogens is 242 g/mol. The fraction of sp³-hybridized carbons (Fsp3) is 0.714. The van der Waals surface area contributed by atoms with Crippen LogP contribution in [0.15, 0.2) is 12.4 Å². The molecule has 2 rings (SSSR count). The minimum absolute atomic E-state index is 0.0270. The zero-order chi connectivity index (χ0) is 14.0. The molecule has 0 aliphatic heterocycles. The van der Waals surface area contributed by atoms with Crippen LogP contribution in [0.4, 0.5) is 5.69 Å². The summed E-state index contributed by atoms with van der Waals surface area (Å²) >= 11 is 0. The first kappa shape index (κ1) is 13.9. The lowest BCUT2D eigenvalue weighted by atomic mass is 9.71. The van der Waals surface area contributed by atoms with Gasteiger partial charge in [-0.1, -0.05) is 20.8 Å². The summed E-state index contributed by atoms with van der Waals surface area (Å²) in [6, 6.07) is 0. The summed E-state index contributed by atoms with van der Waals surface area (Å²) in [4.78, 5) is 11.9. The van der Waals surface area contributed by atoms with E-state index in [1.165, 1.54) is 17.3 Å². The number of carbonyl (C=O) groups excluding carboxylic acids is 1. The van der Waals surface area contributed by atoms with Crippen LogP contribution < -0.4 is 5.73 Å². The first-order chi connectivity index (χ1) is 8.84. The van der Waals surface area contributed by atoms with Crippen LogP contribution in [0.1, 0.15) is 40.0 Å². The highest BCUT2D eigenvalue weighted by atomic mass is 16.5. The third kappa shape index (κ3) is 3.98. The van der Waals surface area contributed by atoms with E-state index in [4.69, 9.17) is 10.5 Å². The van der Waals surface area contributed by atoms with Gasteiger partial charge in [0.25, 0.3) is 0 Å². The Morgan fingerprint density at radius 2 is 2.32 bits per heavy atom. The van der Waals surface area contributed by atoms with E-state index in [-0.39, 0.29) is 24.0 Å². The Hall–Kier alpha value is -1.52. The third-order valence-electron chi connectivity index (χ3n) is 3.59. The summed E-state index contributed by atoms with van der Waals surface area (Å²) < 4.78 is 7.08. The number of anilines is 1. The van der Waals surface area contributed by atoms with Gasteiger partial charge in [-0.2, -0.15) is 5.10 Å². The van der Waals surface area contributed by atoms with Crippen molar-refractivity contribution in [2.24, 2.45) is 11.3 Å². The normalized spacial score (nSPS) is 26.1. The molecule has 0 bridgehead atoms. The topological polar surface area (TPSA) is 70.1 Å². The number of hydrogen-bond acceptors (Lipinski definition) is 4. The summed E-state index contributed by atoms with van der Waals surface area (Å²) in [6.07, 6.45) is 6.27. The molecule has 1 saturated carbocycles. The van der Waals surface area contributed by atoms with Gasteiger partial charge in [-0.05, 0) is 30.6 Å². The molecule has 2 N–H and O–H groups in total. The Balaban J connectivity index is 1.88. The van der Waals surface area contributed by atoms with Gasteiger partial charge in [0.15, 0.2) is 0 Å². The predicted octanol–water partition coefficient (Wildman–Crippen LogP) is 2.22. The van der Waals surface area contributed by atoms with Crippen LogP contribution in [-0.2, 0) is 16.1 Å². The van der Waals surface area contributed by atoms with Gasteiger partial charge in [0.05, 0.1) is 11.9 Å². The molecule has 1 heterocycles. The maximum atomic E-state index is 11.9. The van der Waals surface area contributed by atoms with Gasteiger partial charge in [-0.25, -0.2) is 0 Å². The third-order valence-corrected chi connectivity index (χ3v) is 3.59. The van der Waals surface area contributed by atoms with Crippen LogP contribution in [0.25, 0.3) is 0 Å². The minimum Gasteiger partial charge on any atom is -0.461 e. The van der Waals surface area contributed by atoms with E-state index in [1.807, 2.05) is 0 Å². The monoisotopic (exact) mass is 265 g/mol. The van der Waals surface area contributed by atoms with Crippen molar-refractivity contribution in [3.63, 3.8) is 0 Å². The van der Waals surface area contributed by atoms with Crippen molar-refractivity contribution >= 4 is 11.7 Å². The molecule has 0 aromatic carbocycles. The Kier molecular flexibility index (Phi) is 3.83. The van der Waals surface area contributed by atoms with Gasteiger partial charge < -0.3 is 10.5 Å². The second-order valence-corrected chi connectivity index (χ2v) is 6.50. The molecule has 1 aromatic heterocycles. The van der Waals surface area contributed by atoms with Crippen LogP contribution in [0, 0.1) is 11.3 Å². The Labute approximate surface area is 114 Å². The number of nitrogens with two attached hydrogens (primary N) is 1. The maximum Gasteiger partial charge on any atom is 0.328 e. The number of carbonyl (C=O) groups is 1. The molecule has 2 atom stereocenters. The number of nitrogens with zero attached hydrogens (tertiary/aromatic N) is 2. The van der Waals surface area contributed by atoms with Gasteiger partial charge in [0, 0.05) is 6.20 Å². The van der Waals surface area contributed by atoms with Crippen LogP contribution in [0.3, 0.4) is 0 Å². The standard InChI is InChI=1S/C14H23N3O2/c1-10-4-12(6-14(2,3)5-10)19-13(18)9-17-8-11(15)7-16-17/h7-8,10,12H,4-6,9,15H2,1-3H3. The molecule has 0 radical (unpaired) electrons. The molecule has 0 amide bonds. The molecule has 5 heteroatoms. The zero-order valence-corrected chi connectivity index (χ0v) is 11.9. The highest BCUT2D eigenvalue weighted by Crippen LogP contribution is 2.39. The number of ether oxygens (including phenoxy) is 1. The van der Waals surface area contributed by atoms with Crippen molar-refractivity contribution in [2.75, 3.05) is 5.73 Å². The van der Waals surface area contributed by atoms with Crippen LogP contribution in [-0.4, -0.2) is 21.9 Å². The maximum absolute atomic E-state index is 11.9. The van der Waals surface area contributed by atoms with Crippen molar-refractivity contribution in [3.8, 4) is 0 Å². The quantitative estimate of drug-likeness (QED) is 0.851. The number of nitrogen functional groups attached to an aromatic ring is 1. The molecule has 0 spiro atoms. The highest BCUT2D eigenvalue weighted by Gasteiger charge is 2.33. The van der Waals surface area contributed by atoms with E-state index < -0.39 is 0 Å². The van der Waals surface area contributed by atoms with Gasteiger partial charge in [0.1, 0.15) is 12.6 Å². The smallest absolute Gasteiger partial charge is 0.328 e. The Morgan fingerprint density at radius 1 is 1.58 bits per heavy atom. The average molecular weight is 265 g/mol. The number of aromatic nitrogens is 2. The predicted molar refractivity (Wildman–Crippen MR) is 73.3 cm³/mol. The van der Waals surface area contributed by atoms with E-state index in [0.717, 1.165) is 12.8 Å². The molecule has 106 valence electrons. The lowest BCUT2D eigenvalue weighted by molar-refractivity contribution is -0.154. The molecule has 1 aliphatic carbocycles. The second kappa shape index (κ2) is 5.23. The molecule has 1 aromatic rings. The van der Waals surface area contributed by atoms with Gasteiger partial charge in [-0.3, -0.25) is 9.48 Å². The number of rotatable bonds is 3. The summed E-state index contributed by atoms with van der Waals surface area (Å²) in [5.41, 5.74) is 6.36. The first-order valence-corrected chi connectivity index (χ1v) is 6.81. The summed E-state index contributed by atoms with van der Waals surface area (Å²) in [5.74, 6) is 0.361. The molecule has 19 heavy (non-hydrogen) atoms. The van der Waals surface area contributed by atoms with Gasteiger partial charge in [-0.15, -0.1) is 0 Å². The second-order valence-electron chi connectivity index (χ2n) is 6.50. The van der Waals surface area contributed by atoms with Gasteiger partial charge >= 0.3 is 5.97 Å². The summed E-state index contributed by atoms with van der Waals surface area (Å²) in [5, 5.41) is 3.98. The van der Waals surface area contributed by atoms with Crippen molar-refractivity contribution < 1.29 is 9.53 Å². The molecule has 2 unspecified atom stereocenters. The minimum atomic E-state index is -0.238.